The van der Waals surface area contributed by atoms with E-state index in [1.807, 2.05) is 30.3 Å². The molecule has 3 aromatic rings. The fraction of sp³-hybridized carbons (Fsp3) is 0.226. The molecule has 1 heterocycles. The number of carbonyl (C=O) groups is 2. The average molecular weight is 547 g/mol. The maximum absolute atomic E-state index is 13.9. The molecule has 0 radical (unpaired) electrons. The maximum Gasteiger partial charge on any atom is 0.340 e. The van der Waals surface area contributed by atoms with Gasteiger partial charge in [0.05, 0.1) is 28.4 Å². The number of hydrogen-bond donors (Lipinski definition) is 1. The Bertz CT molecular complexity index is 1400. The lowest BCUT2D eigenvalue weighted by Crippen LogP contribution is -2.18. The maximum atomic E-state index is 13.9. The van der Waals surface area contributed by atoms with Gasteiger partial charge in [-0.25, -0.2) is 4.79 Å². The summed E-state index contributed by atoms with van der Waals surface area (Å²) < 4.78 is 33.1. The molecule has 40 heavy (non-hydrogen) atoms. The van der Waals surface area contributed by atoms with E-state index < -0.39 is 18.0 Å². The first-order valence-electron chi connectivity index (χ1n) is 12.4. The molecular formula is C31H30O9. The van der Waals surface area contributed by atoms with Crippen molar-refractivity contribution in [3.8, 4) is 23.0 Å². The lowest BCUT2D eigenvalue weighted by molar-refractivity contribution is -0.133. The molecule has 0 amide bonds. The van der Waals surface area contributed by atoms with E-state index >= 15 is 0 Å². The summed E-state index contributed by atoms with van der Waals surface area (Å²) in [5.74, 6) is -0.204. The van der Waals surface area contributed by atoms with Crippen LogP contribution in [0, 0.1) is 0 Å². The highest BCUT2D eigenvalue weighted by atomic mass is 16.7. The Hall–Kier alpha value is -4.92. The lowest BCUT2D eigenvalue weighted by Gasteiger charge is -2.17. The summed E-state index contributed by atoms with van der Waals surface area (Å²) in [5, 5.41) is 10.3. The molecule has 0 bridgehead atoms. The van der Waals surface area contributed by atoms with Crippen molar-refractivity contribution in [1.29, 1.82) is 0 Å². The predicted molar refractivity (Wildman–Crippen MR) is 146 cm³/mol. The number of hydrogen-bond acceptors (Lipinski definition) is 8. The van der Waals surface area contributed by atoms with E-state index in [4.69, 9.17) is 28.4 Å². The van der Waals surface area contributed by atoms with E-state index in [0.29, 0.717) is 35.0 Å². The molecule has 1 N–H and O–H groups in total. The van der Waals surface area contributed by atoms with E-state index in [1.165, 1.54) is 34.7 Å². The number of methoxy groups -OCH3 is 4. The van der Waals surface area contributed by atoms with Crippen molar-refractivity contribution < 1.29 is 43.1 Å². The molecule has 0 spiro atoms. The van der Waals surface area contributed by atoms with Gasteiger partial charge in [0.1, 0.15) is 17.6 Å². The van der Waals surface area contributed by atoms with Crippen molar-refractivity contribution >= 4 is 11.8 Å². The van der Waals surface area contributed by atoms with Gasteiger partial charge in [-0.05, 0) is 47.5 Å². The summed E-state index contributed by atoms with van der Waals surface area (Å²) in [6, 6.07) is 19.3. The van der Waals surface area contributed by atoms with Crippen LogP contribution in [0.2, 0.25) is 0 Å². The minimum Gasteiger partial charge on any atom is -0.497 e. The van der Waals surface area contributed by atoms with Gasteiger partial charge < -0.3 is 33.5 Å². The fourth-order valence-corrected chi connectivity index (χ4v) is 4.37. The Morgan fingerprint density at radius 3 is 2.02 bits per heavy atom. The summed E-state index contributed by atoms with van der Waals surface area (Å²) in [6.45, 7) is 0. The smallest absolute Gasteiger partial charge is 0.340 e. The Balaban J connectivity index is 1.78. The van der Waals surface area contributed by atoms with Crippen molar-refractivity contribution in [3.05, 3.63) is 107 Å². The van der Waals surface area contributed by atoms with Gasteiger partial charge in [0, 0.05) is 24.0 Å². The molecule has 208 valence electrons. The largest absolute Gasteiger partial charge is 0.497 e. The Kier molecular flexibility index (Phi) is 8.96. The monoisotopic (exact) mass is 546 g/mol. The van der Waals surface area contributed by atoms with Crippen molar-refractivity contribution in [1.82, 2.24) is 0 Å². The van der Waals surface area contributed by atoms with Gasteiger partial charge in [0.25, 0.3) is 0 Å². The summed E-state index contributed by atoms with van der Waals surface area (Å²) in [6.07, 6.45) is 0.814. The lowest BCUT2D eigenvalue weighted by atomic mass is 9.91. The van der Waals surface area contributed by atoms with Gasteiger partial charge in [-0.2, -0.15) is 0 Å². The zero-order valence-electron chi connectivity index (χ0n) is 22.6. The van der Waals surface area contributed by atoms with Crippen LogP contribution in [0.4, 0.5) is 0 Å². The number of carbonyl (C=O) groups excluding carboxylic acids is 1. The van der Waals surface area contributed by atoms with E-state index in [-0.39, 0.29) is 28.9 Å². The molecule has 1 unspecified atom stereocenters. The zero-order chi connectivity index (χ0) is 28.6. The van der Waals surface area contributed by atoms with Crippen LogP contribution in [-0.4, -0.2) is 51.6 Å². The standard InChI is InChI=1S/C31H30O9/c1-35-22-12-10-21(11-13-22)29(32)23(14-20-15-24(36-2)30(38-4)25(16-20)37-3)28(31(33)34)26-18-39-27(40-26)17-19-8-6-5-7-9-19/h5-13,15-16,18,27H,14,17H2,1-4H3,(H,33,34). The van der Waals surface area contributed by atoms with Crippen LogP contribution in [0.5, 0.6) is 23.0 Å². The topological polar surface area (TPSA) is 110 Å². The average Bonchev–Trinajstić information content (AvgIpc) is 3.43. The predicted octanol–water partition coefficient (Wildman–Crippen LogP) is 4.98. The second kappa shape index (κ2) is 12.8. The van der Waals surface area contributed by atoms with E-state index in [2.05, 4.69) is 0 Å². The Morgan fingerprint density at radius 2 is 1.48 bits per heavy atom. The number of Topliss-reactive ketones (excluding diaryl/α,β-unsaturated/α-hetero) is 1. The number of rotatable bonds is 12. The number of benzene rings is 3. The van der Waals surface area contributed by atoms with Crippen LogP contribution >= 0.6 is 0 Å². The Labute approximate surface area is 232 Å². The molecule has 0 saturated heterocycles. The van der Waals surface area contributed by atoms with Crippen LogP contribution in [0.25, 0.3) is 0 Å². The molecule has 0 fully saturated rings. The zero-order valence-corrected chi connectivity index (χ0v) is 22.6. The molecule has 9 nitrogen and oxygen atoms in total. The minimum atomic E-state index is -1.33. The van der Waals surface area contributed by atoms with Gasteiger partial charge in [0.15, 0.2) is 23.0 Å². The number of carboxylic acid groups (broad SMARTS) is 1. The van der Waals surface area contributed by atoms with Gasteiger partial charge in [0.2, 0.25) is 12.0 Å². The third-order valence-corrected chi connectivity index (χ3v) is 6.32. The van der Waals surface area contributed by atoms with E-state index in [0.717, 1.165) is 5.56 Å². The van der Waals surface area contributed by atoms with Crippen molar-refractivity contribution in [3.63, 3.8) is 0 Å². The summed E-state index contributed by atoms with van der Waals surface area (Å²) >= 11 is 0. The molecule has 0 aliphatic carbocycles. The molecule has 0 aromatic heterocycles. The summed E-state index contributed by atoms with van der Waals surface area (Å²) in [4.78, 5) is 26.6. The highest BCUT2D eigenvalue weighted by Gasteiger charge is 2.32. The second-order valence-corrected chi connectivity index (χ2v) is 8.78. The van der Waals surface area contributed by atoms with Gasteiger partial charge >= 0.3 is 5.97 Å². The highest BCUT2D eigenvalue weighted by molar-refractivity contribution is 6.14. The highest BCUT2D eigenvalue weighted by Crippen LogP contribution is 2.39. The quantitative estimate of drug-likeness (QED) is 0.248. The first kappa shape index (κ1) is 28.1. The SMILES string of the molecule is COc1ccc(C(=O)C(Cc2cc(OC)c(OC)c(OC)c2)=C(C(=O)O)C2=COC(Cc3ccccc3)O2)cc1. The van der Waals surface area contributed by atoms with Gasteiger partial charge in [-0.3, -0.25) is 4.79 Å². The molecule has 4 rings (SSSR count). The van der Waals surface area contributed by atoms with E-state index in [1.54, 1.807) is 36.4 Å². The molecule has 9 heteroatoms. The van der Waals surface area contributed by atoms with Crippen molar-refractivity contribution in [2.75, 3.05) is 28.4 Å². The molecule has 0 saturated carbocycles. The fourth-order valence-electron chi connectivity index (χ4n) is 4.37. The number of ketones is 1. The Morgan fingerprint density at radius 1 is 0.825 bits per heavy atom. The first-order chi connectivity index (χ1) is 19.4. The number of aliphatic carboxylic acids is 1. The van der Waals surface area contributed by atoms with Gasteiger partial charge in [-0.15, -0.1) is 0 Å². The van der Waals surface area contributed by atoms with Crippen LogP contribution in [0.3, 0.4) is 0 Å². The second-order valence-electron chi connectivity index (χ2n) is 8.78. The summed E-state index contributed by atoms with van der Waals surface area (Å²) in [7, 11) is 5.95. The molecule has 1 aliphatic heterocycles. The van der Waals surface area contributed by atoms with Crippen LogP contribution < -0.4 is 18.9 Å². The van der Waals surface area contributed by atoms with E-state index in [9.17, 15) is 14.7 Å². The van der Waals surface area contributed by atoms with Crippen molar-refractivity contribution in [2.45, 2.75) is 19.1 Å². The molecule has 3 aromatic carbocycles. The van der Waals surface area contributed by atoms with Gasteiger partial charge in [-0.1, -0.05) is 30.3 Å². The van der Waals surface area contributed by atoms with Crippen LogP contribution in [0.15, 0.2) is 89.9 Å². The number of carboxylic acids is 1. The summed E-state index contributed by atoms with van der Waals surface area (Å²) in [5.41, 5.74) is 1.48. The third kappa shape index (κ3) is 6.20. The molecule has 1 atom stereocenters. The normalized spacial score (nSPS) is 14.7. The number of allylic oxidation sites excluding steroid dienone is 1. The molecular weight excluding hydrogens is 516 g/mol. The van der Waals surface area contributed by atoms with Crippen LogP contribution in [-0.2, 0) is 27.1 Å². The van der Waals surface area contributed by atoms with Crippen molar-refractivity contribution in [2.24, 2.45) is 0 Å². The first-order valence-corrected chi connectivity index (χ1v) is 12.4. The van der Waals surface area contributed by atoms with Crippen LogP contribution in [0.1, 0.15) is 21.5 Å². The number of ether oxygens (including phenoxy) is 6. The molecule has 1 aliphatic rings. The third-order valence-electron chi connectivity index (χ3n) is 6.32. The minimum absolute atomic E-state index is 0.0119.